The number of sulfonamides is 1. The van der Waals surface area contributed by atoms with E-state index in [0.29, 0.717) is 11.0 Å². The smallest absolute Gasteiger partial charge is 0.243 e. The van der Waals surface area contributed by atoms with Crippen molar-refractivity contribution in [3.8, 4) is 0 Å². The molecular formula is C11H15BrClFN2O2S. The molecule has 1 saturated heterocycles. The van der Waals surface area contributed by atoms with E-state index in [2.05, 4.69) is 26.0 Å². The standard InChI is InChI=1S/C11H14BrFN2O2S.ClH/c12-8-3-4-11(10(13)6-8)18(16,17)15-9-2-1-5-14-7-9;/h3-4,6,9,14-15H,1-2,5,7H2;1H/t9-;/m0./s1. The zero-order chi connectivity index (χ0) is 13.2. The van der Waals surface area contributed by atoms with Crippen molar-refractivity contribution in [3.63, 3.8) is 0 Å². The summed E-state index contributed by atoms with van der Waals surface area (Å²) >= 11 is 3.10. The summed E-state index contributed by atoms with van der Waals surface area (Å²) in [6.45, 7) is 1.47. The summed E-state index contributed by atoms with van der Waals surface area (Å²) in [5.74, 6) is -0.749. The maximum Gasteiger partial charge on any atom is 0.243 e. The Morgan fingerprint density at radius 2 is 2.16 bits per heavy atom. The third-order valence-electron chi connectivity index (χ3n) is 2.80. The minimum absolute atomic E-state index is 0. The fourth-order valence-corrected chi connectivity index (χ4v) is 3.59. The summed E-state index contributed by atoms with van der Waals surface area (Å²) in [6.07, 6.45) is 1.68. The zero-order valence-electron chi connectivity index (χ0n) is 10.0. The van der Waals surface area contributed by atoms with Crippen LogP contribution in [0.5, 0.6) is 0 Å². The van der Waals surface area contributed by atoms with Gasteiger partial charge in [0.1, 0.15) is 10.7 Å². The quantitative estimate of drug-likeness (QED) is 0.852. The van der Waals surface area contributed by atoms with Gasteiger partial charge in [-0.25, -0.2) is 17.5 Å². The third kappa shape index (κ3) is 4.39. The molecule has 2 N–H and O–H groups in total. The first-order valence-corrected chi connectivity index (χ1v) is 7.95. The highest BCUT2D eigenvalue weighted by molar-refractivity contribution is 9.10. The molecule has 1 aliphatic rings. The first kappa shape index (κ1) is 16.8. The Kier molecular flexibility index (Phi) is 6.19. The van der Waals surface area contributed by atoms with Gasteiger partial charge < -0.3 is 5.32 Å². The maximum atomic E-state index is 13.6. The van der Waals surface area contributed by atoms with Crippen molar-refractivity contribution in [2.45, 2.75) is 23.8 Å². The van der Waals surface area contributed by atoms with Crippen molar-refractivity contribution in [1.82, 2.24) is 10.0 Å². The highest BCUT2D eigenvalue weighted by Crippen LogP contribution is 2.20. The van der Waals surface area contributed by atoms with Gasteiger partial charge in [-0.3, -0.25) is 0 Å². The molecule has 0 aliphatic carbocycles. The Balaban J connectivity index is 0.00000180. The Morgan fingerprint density at radius 1 is 1.42 bits per heavy atom. The number of nitrogens with one attached hydrogen (secondary N) is 2. The summed E-state index contributed by atoms with van der Waals surface area (Å²) in [5.41, 5.74) is 0. The minimum atomic E-state index is -3.79. The normalized spacial score (nSPS) is 19.8. The van der Waals surface area contributed by atoms with Crippen LogP contribution in [0, 0.1) is 5.82 Å². The molecular weight excluding hydrogens is 359 g/mol. The molecule has 0 aromatic heterocycles. The van der Waals surface area contributed by atoms with Gasteiger partial charge >= 0.3 is 0 Å². The van der Waals surface area contributed by atoms with Crippen molar-refractivity contribution in [1.29, 1.82) is 0 Å². The van der Waals surface area contributed by atoms with Crippen LogP contribution in [0.1, 0.15) is 12.8 Å². The lowest BCUT2D eigenvalue weighted by molar-refractivity contribution is 0.427. The van der Waals surface area contributed by atoms with Crippen LogP contribution in [0.3, 0.4) is 0 Å². The zero-order valence-corrected chi connectivity index (χ0v) is 13.2. The maximum absolute atomic E-state index is 13.6. The number of piperidine rings is 1. The van der Waals surface area contributed by atoms with E-state index in [0.717, 1.165) is 25.5 Å². The van der Waals surface area contributed by atoms with Gasteiger partial charge in [0.2, 0.25) is 10.0 Å². The number of halogens is 3. The van der Waals surface area contributed by atoms with Crippen LogP contribution < -0.4 is 10.0 Å². The van der Waals surface area contributed by atoms with Gasteiger partial charge in [-0.2, -0.15) is 0 Å². The first-order valence-electron chi connectivity index (χ1n) is 5.67. The molecule has 0 amide bonds. The molecule has 0 unspecified atom stereocenters. The van der Waals surface area contributed by atoms with Crippen LogP contribution in [0.15, 0.2) is 27.6 Å². The fourth-order valence-electron chi connectivity index (χ4n) is 1.93. The highest BCUT2D eigenvalue weighted by atomic mass is 79.9. The minimum Gasteiger partial charge on any atom is -0.315 e. The second kappa shape index (κ2) is 6.99. The van der Waals surface area contributed by atoms with E-state index >= 15 is 0 Å². The Hall–Kier alpha value is -0.210. The number of benzene rings is 1. The topological polar surface area (TPSA) is 58.2 Å². The molecule has 0 radical (unpaired) electrons. The molecule has 0 saturated carbocycles. The molecule has 19 heavy (non-hydrogen) atoms. The lowest BCUT2D eigenvalue weighted by Gasteiger charge is -2.23. The third-order valence-corrected chi connectivity index (χ3v) is 4.85. The molecule has 1 aromatic rings. The summed E-state index contributed by atoms with van der Waals surface area (Å²) in [6, 6.07) is 3.74. The van der Waals surface area contributed by atoms with E-state index in [1.54, 1.807) is 0 Å². The lowest BCUT2D eigenvalue weighted by atomic mass is 10.1. The molecule has 1 aliphatic heterocycles. The predicted molar refractivity (Wildman–Crippen MR) is 77.6 cm³/mol. The molecule has 1 fully saturated rings. The molecule has 0 bridgehead atoms. The van der Waals surface area contributed by atoms with Gasteiger partial charge in [-0.1, -0.05) is 15.9 Å². The largest absolute Gasteiger partial charge is 0.315 e. The fraction of sp³-hybridized carbons (Fsp3) is 0.455. The average molecular weight is 374 g/mol. The van der Waals surface area contributed by atoms with Gasteiger partial charge in [0.05, 0.1) is 0 Å². The van der Waals surface area contributed by atoms with Crippen molar-refractivity contribution >= 4 is 38.4 Å². The monoisotopic (exact) mass is 372 g/mol. The van der Waals surface area contributed by atoms with Gasteiger partial charge in [-0.05, 0) is 37.6 Å². The van der Waals surface area contributed by atoms with Crippen molar-refractivity contribution < 1.29 is 12.8 Å². The predicted octanol–water partition coefficient (Wildman–Crippen LogP) is 2.04. The molecule has 2 rings (SSSR count). The van der Waals surface area contributed by atoms with Crippen molar-refractivity contribution in [2.75, 3.05) is 13.1 Å². The SMILES string of the molecule is Cl.O=S(=O)(N[C@H]1CCCNC1)c1ccc(Br)cc1F. The molecule has 1 aromatic carbocycles. The molecule has 108 valence electrons. The van der Waals surface area contributed by atoms with Crippen LogP contribution >= 0.6 is 28.3 Å². The van der Waals surface area contributed by atoms with Crippen molar-refractivity contribution in [3.05, 3.63) is 28.5 Å². The number of rotatable bonds is 3. The molecule has 4 nitrogen and oxygen atoms in total. The van der Waals surface area contributed by atoms with E-state index in [9.17, 15) is 12.8 Å². The van der Waals surface area contributed by atoms with E-state index in [1.807, 2.05) is 0 Å². The molecule has 1 atom stereocenters. The summed E-state index contributed by atoms with van der Waals surface area (Å²) in [5, 5.41) is 3.10. The Morgan fingerprint density at radius 3 is 2.74 bits per heavy atom. The summed E-state index contributed by atoms with van der Waals surface area (Å²) in [4.78, 5) is -0.309. The summed E-state index contributed by atoms with van der Waals surface area (Å²) in [7, 11) is -3.79. The highest BCUT2D eigenvalue weighted by Gasteiger charge is 2.24. The molecule has 8 heteroatoms. The molecule has 0 spiro atoms. The van der Waals surface area contributed by atoms with Gasteiger partial charge in [0.15, 0.2) is 0 Å². The van der Waals surface area contributed by atoms with Crippen LogP contribution in [-0.2, 0) is 10.0 Å². The van der Waals surface area contributed by atoms with Crippen LogP contribution in [0.2, 0.25) is 0 Å². The Labute approximate surface area is 126 Å². The van der Waals surface area contributed by atoms with E-state index in [1.165, 1.54) is 12.1 Å². The lowest BCUT2D eigenvalue weighted by Crippen LogP contribution is -2.45. The van der Waals surface area contributed by atoms with Crippen molar-refractivity contribution in [2.24, 2.45) is 0 Å². The van der Waals surface area contributed by atoms with E-state index in [4.69, 9.17) is 0 Å². The first-order chi connectivity index (χ1) is 8.49. The number of hydrogen-bond donors (Lipinski definition) is 2. The van der Waals surface area contributed by atoms with Gasteiger partial charge in [-0.15, -0.1) is 12.4 Å². The number of hydrogen-bond acceptors (Lipinski definition) is 3. The second-order valence-electron chi connectivity index (χ2n) is 4.24. The molecule has 1 heterocycles. The second-order valence-corrected chi connectivity index (χ2v) is 6.84. The van der Waals surface area contributed by atoms with Gasteiger partial charge in [0, 0.05) is 17.1 Å². The van der Waals surface area contributed by atoms with Gasteiger partial charge in [0.25, 0.3) is 0 Å². The van der Waals surface area contributed by atoms with Crippen LogP contribution in [0.25, 0.3) is 0 Å². The average Bonchev–Trinajstić information content (AvgIpc) is 2.29. The van der Waals surface area contributed by atoms with Crippen LogP contribution in [0.4, 0.5) is 4.39 Å². The van der Waals surface area contributed by atoms with Crippen LogP contribution in [-0.4, -0.2) is 27.5 Å². The van der Waals surface area contributed by atoms with E-state index in [-0.39, 0.29) is 23.3 Å². The van der Waals surface area contributed by atoms with E-state index < -0.39 is 15.8 Å². The Bertz CT molecular complexity index is 535. The summed E-state index contributed by atoms with van der Waals surface area (Å²) < 4.78 is 40.8.